The Morgan fingerprint density at radius 3 is 2.85 bits per heavy atom. The van der Waals surface area contributed by atoms with Crippen LogP contribution in [0.5, 0.6) is 0 Å². The summed E-state index contributed by atoms with van der Waals surface area (Å²) in [5, 5.41) is 5.08. The molecule has 0 saturated carbocycles. The van der Waals surface area contributed by atoms with Gasteiger partial charge >= 0.3 is 0 Å². The molecule has 0 aliphatic carbocycles. The fourth-order valence-corrected chi connectivity index (χ4v) is 4.65. The summed E-state index contributed by atoms with van der Waals surface area (Å²) < 4.78 is 2.30. The first-order valence-corrected chi connectivity index (χ1v) is 10.6. The van der Waals surface area contributed by atoms with Gasteiger partial charge in [0.25, 0.3) is 5.56 Å². The Labute approximate surface area is 166 Å². The summed E-state index contributed by atoms with van der Waals surface area (Å²) in [6.45, 7) is 6.86. The maximum atomic E-state index is 12.8. The average Bonchev–Trinajstić information content (AvgIpc) is 3.14. The lowest BCUT2D eigenvalue weighted by molar-refractivity contribution is -0.121. The number of hydrogen-bond donors (Lipinski definition) is 1. The molecule has 3 rings (SSSR count). The summed E-state index contributed by atoms with van der Waals surface area (Å²) in [7, 11) is 0. The molecule has 6 nitrogen and oxygen atoms in total. The molecule has 8 heteroatoms. The van der Waals surface area contributed by atoms with Crippen LogP contribution in [0.4, 0.5) is 0 Å². The number of aromatic nitrogens is 3. The van der Waals surface area contributed by atoms with Crippen molar-refractivity contribution in [2.24, 2.45) is 5.92 Å². The van der Waals surface area contributed by atoms with Crippen molar-refractivity contribution in [2.75, 3.05) is 0 Å². The van der Waals surface area contributed by atoms with E-state index in [1.807, 2.05) is 44.4 Å². The Hall–Kier alpha value is -2.19. The van der Waals surface area contributed by atoms with Gasteiger partial charge in [-0.05, 0) is 35.9 Å². The second kappa shape index (κ2) is 8.67. The number of hydrogen-bond acceptors (Lipinski definition) is 6. The van der Waals surface area contributed by atoms with Crippen LogP contribution >= 0.6 is 23.1 Å². The predicted molar refractivity (Wildman–Crippen MR) is 110 cm³/mol. The fraction of sp³-hybridized carbons (Fsp3) is 0.368. The highest BCUT2D eigenvalue weighted by atomic mass is 32.2. The van der Waals surface area contributed by atoms with Crippen molar-refractivity contribution >= 4 is 39.2 Å². The van der Waals surface area contributed by atoms with Crippen molar-refractivity contribution in [2.45, 2.75) is 44.3 Å². The first kappa shape index (κ1) is 19.6. The van der Waals surface area contributed by atoms with Crippen molar-refractivity contribution in [3.63, 3.8) is 0 Å². The van der Waals surface area contributed by atoms with E-state index in [-0.39, 0.29) is 22.6 Å². The molecule has 0 fully saturated rings. The van der Waals surface area contributed by atoms with Crippen LogP contribution in [0, 0.1) is 5.92 Å². The zero-order valence-electron chi connectivity index (χ0n) is 15.5. The van der Waals surface area contributed by atoms with Crippen molar-refractivity contribution in [3.05, 3.63) is 51.9 Å². The lowest BCUT2D eigenvalue weighted by Gasteiger charge is -2.21. The van der Waals surface area contributed by atoms with E-state index in [0.717, 1.165) is 5.56 Å². The molecule has 1 atom stereocenters. The van der Waals surface area contributed by atoms with Gasteiger partial charge in [0, 0.05) is 25.5 Å². The van der Waals surface area contributed by atoms with Crippen LogP contribution < -0.4 is 10.9 Å². The summed E-state index contributed by atoms with van der Waals surface area (Å²) in [6, 6.07) is 5.61. The van der Waals surface area contributed by atoms with Gasteiger partial charge in [0.2, 0.25) is 5.91 Å². The molecule has 0 bridgehead atoms. The molecule has 0 aromatic carbocycles. The van der Waals surface area contributed by atoms with Gasteiger partial charge in [0.1, 0.15) is 4.70 Å². The topological polar surface area (TPSA) is 76.9 Å². The Balaban J connectivity index is 1.83. The molecule has 0 spiro atoms. The summed E-state index contributed by atoms with van der Waals surface area (Å²) in [4.78, 5) is 34.2. The van der Waals surface area contributed by atoms with Gasteiger partial charge in [-0.3, -0.25) is 19.1 Å². The minimum Gasteiger partial charge on any atom is -0.351 e. The zero-order valence-corrected chi connectivity index (χ0v) is 17.1. The highest BCUT2D eigenvalue weighted by Crippen LogP contribution is 2.28. The van der Waals surface area contributed by atoms with E-state index in [1.54, 1.807) is 17.0 Å². The molecular formula is C19H22N4O2S2. The van der Waals surface area contributed by atoms with Gasteiger partial charge in [-0.25, -0.2) is 4.98 Å². The molecule has 3 heterocycles. The number of nitrogens with one attached hydrogen (secondary N) is 1. The molecule has 0 aliphatic heterocycles. The van der Waals surface area contributed by atoms with Crippen molar-refractivity contribution in [3.8, 4) is 0 Å². The van der Waals surface area contributed by atoms with Crippen molar-refractivity contribution < 1.29 is 4.79 Å². The first-order chi connectivity index (χ1) is 13.0. The lowest BCUT2D eigenvalue weighted by Crippen LogP contribution is -2.36. The third kappa shape index (κ3) is 4.39. The number of nitrogens with zero attached hydrogens (tertiary/aromatic N) is 3. The SMILES string of the molecule is CCn1c(SC(C(=O)NCc2cccnc2)C(C)C)nc2ccsc2c1=O. The molecule has 1 N–H and O–H groups in total. The molecule has 1 unspecified atom stereocenters. The van der Waals surface area contributed by atoms with Crippen LogP contribution in [-0.2, 0) is 17.9 Å². The lowest BCUT2D eigenvalue weighted by atomic mass is 10.1. The molecule has 0 aliphatic rings. The van der Waals surface area contributed by atoms with Crippen molar-refractivity contribution in [1.29, 1.82) is 0 Å². The smallest absolute Gasteiger partial charge is 0.272 e. The molecule has 142 valence electrons. The Kier molecular flexibility index (Phi) is 6.28. The molecule has 0 saturated heterocycles. The van der Waals surface area contributed by atoms with E-state index in [2.05, 4.69) is 15.3 Å². The van der Waals surface area contributed by atoms with Gasteiger partial charge in [-0.15, -0.1) is 11.3 Å². The monoisotopic (exact) mass is 402 g/mol. The Bertz CT molecular complexity index is 982. The van der Waals surface area contributed by atoms with Crippen LogP contribution in [0.3, 0.4) is 0 Å². The van der Waals surface area contributed by atoms with E-state index >= 15 is 0 Å². The van der Waals surface area contributed by atoms with E-state index < -0.39 is 0 Å². The molecule has 3 aromatic heterocycles. The van der Waals surface area contributed by atoms with Crippen LogP contribution in [0.1, 0.15) is 26.3 Å². The number of amides is 1. The summed E-state index contributed by atoms with van der Waals surface area (Å²) >= 11 is 2.75. The largest absolute Gasteiger partial charge is 0.351 e. The number of fused-ring (bicyclic) bond motifs is 1. The van der Waals surface area contributed by atoms with E-state index in [9.17, 15) is 9.59 Å². The van der Waals surface area contributed by atoms with Gasteiger partial charge in [-0.2, -0.15) is 0 Å². The second-order valence-corrected chi connectivity index (χ2v) is 8.47. The predicted octanol–water partition coefficient (Wildman–Crippen LogP) is 3.31. The Morgan fingerprint density at radius 1 is 1.37 bits per heavy atom. The third-order valence-corrected chi connectivity index (χ3v) is 6.56. The maximum Gasteiger partial charge on any atom is 0.272 e. The highest BCUT2D eigenvalue weighted by molar-refractivity contribution is 8.00. The van der Waals surface area contributed by atoms with Crippen LogP contribution in [0.2, 0.25) is 0 Å². The summed E-state index contributed by atoms with van der Waals surface area (Å²) in [5.41, 5.74) is 1.59. The van der Waals surface area contributed by atoms with Gasteiger partial charge in [-0.1, -0.05) is 31.7 Å². The van der Waals surface area contributed by atoms with E-state index in [4.69, 9.17) is 0 Å². The number of rotatable bonds is 7. The number of carbonyl (C=O) groups is 1. The fourth-order valence-electron chi connectivity index (χ4n) is 2.69. The normalized spacial score (nSPS) is 12.4. The quantitative estimate of drug-likeness (QED) is 0.485. The molecule has 0 radical (unpaired) electrons. The number of thioether (sulfide) groups is 1. The number of carbonyl (C=O) groups excluding carboxylic acids is 1. The minimum absolute atomic E-state index is 0.0433. The van der Waals surface area contributed by atoms with Crippen LogP contribution in [0.25, 0.3) is 10.2 Å². The second-order valence-electron chi connectivity index (χ2n) is 6.44. The van der Waals surface area contributed by atoms with Crippen molar-refractivity contribution in [1.82, 2.24) is 19.9 Å². The van der Waals surface area contributed by atoms with Gasteiger partial charge < -0.3 is 5.32 Å². The first-order valence-electron chi connectivity index (χ1n) is 8.82. The molecule has 27 heavy (non-hydrogen) atoms. The van der Waals surface area contributed by atoms with Gasteiger partial charge in [0.15, 0.2) is 5.16 Å². The molecule has 3 aromatic rings. The minimum atomic E-state index is -0.345. The van der Waals surface area contributed by atoms with Gasteiger partial charge in [0.05, 0.1) is 10.8 Å². The number of thiophene rings is 1. The summed E-state index contributed by atoms with van der Waals surface area (Å²) in [5.74, 6) is 0.0189. The summed E-state index contributed by atoms with van der Waals surface area (Å²) in [6.07, 6.45) is 3.44. The standard InChI is InChI=1S/C19H22N4O2S2/c1-4-23-18(25)16-14(7-9-26-16)22-19(23)27-15(12(2)3)17(24)21-11-13-6-5-8-20-10-13/h5-10,12,15H,4,11H2,1-3H3,(H,21,24). The van der Waals surface area contributed by atoms with E-state index in [0.29, 0.717) is 28.5 Å². The Morgan fingerprint density at radius 2 is 2.19 bits per heavy atom. The zero-order chi connectivity index (χ0) is 19.4. The molecular weight excluding hydrogens is 380 g/mol. The molecule has 1 amide bonds. The van der Waals surface area contributed by atoms with E-state index in [1.165, 1.54) is 23.1 Å². The number of pyridine rings is 1. The highest BCUT2D eigenvalue weighted by Gasteiger charge is 2.26. The van der Waals surface area contributed by atoms with Crippen LogP contribution in [0.15, 0.2) is 45.9 Å². The third-order valence-electron chi connectivity index (χ3n) is 4.13. The maximum absolute atomic E-state index is 12.8. The average molecular weight is 403 g/mol. The van der Waals surface area contributed by atoms with Crippen LogP contribution in [-0.4, -0.2) is 25.7 Å².